The summed E-state index contributed by atoms with van der Waals surface area (Å²) in [6.07, 6.45) is 5.10. The van der Waals surface area contributed by atoms with Gasteiger partial charge in [0.1, 0.15) is 11.3 Å². The predicted octanol–water partition coefficient (Wildman–Crippen LogP) is 3.04. The van der Waals surface area contributed by atoms with E-state index in [9.17, 15) is 8.42 Å². The van der Waals surface area contributed by atoms with Gasteiger partial charge in [0.25, 0.3) is 0 Å². The molecule has 0 radical (unpaired) electrons. The Morgan fingerprint density at radius 3 is 2.48 bits per heavy atom. The molecule has 5 rings (SSSR count). The number of hydrogen-bond acceptors (Lipinski definition) is 8. The second-order valence-electron chi connectivity index (χ2n) is 9.05. The lowest BCUT2D eigenvalue weighted by atomic mass is 10.0. The minimum absolute atomic E-state index is 0.348. The van der Waals surface area contributed by atoms with Crippen LogP contribution in [0.2, 0.25) is 0 Å². The maximum Gasteiger partial charge on any atom is 0.229 e. The summed E-state index contributed by atoms with van der Waals surface area (Å²) in [5.41, 5.74) is 1.46. The first-order valence-electron chi connectivity index (χ1n) is 11.5. The van der Waals surface area contributed by atoms with E-state index in [0.717, 1.165) is 30.8 Å². The smallest absolute Gasteiger partial charge is 0.229 e. The molecule has 2 aromatic heterocycles. The van der Waals surface area contributed by atoms with Crippen molar-refractivity contribution in [2.75, 3.05) is 43.1 Å². The largest absolute Gasteiger partial charge is 0.497 e. The molecule has 0 amide bonds. The highest BCUT2D eigenvalue weighted by Crippen LogP contribution is 2.31. The van der Waals surface area contributed by atoms with Gasteiger partial charge in [-0.1, -0.05) is 6.92 Å². The molecule has 3 aromatic rings. The van der Waals surface area contributed by atoms with Crippen LogP contribution in [0.1, 0.15) is 32.6 Å². The highest BCUT2D eigenvalue weighted by atomic mass is 32.2. The Balaban J connectivity index is 1.36. The number of fused-ring (bicyclic) bond motifs is 1. The molecule has 0 unspecified atom stereocenters. The zero-order chi connectivity index (χ0) is 23.0. The van der Waals surface area contributed by atoms with Crippen LogP contribution in [-0.4, -0.2) is 66.9 Å². The van der Waals surface area contributed by atoms with Gasteiger partial charge in [-0.2, -0.15) is 9.97 Å². The molecule has 0 spiro atoms. The quantitative estimate of drug-likeness (QED) is 0.607. The van der Waals surface area contributed by atoms with Crippen molar-refractivity contribution in [3.8, 4) is 5.75 Å². The van der Waals surface area contributed by atoms with Crippen molar-refractivity contribution in [2.24, 2.45) is 5.92 Å². The van der Waals surface area contributed by atoms with Crippen molar-refractivity contribution in [3.05, 3.63) is 30.6 Å². The van der Waals surface area contributed by atoms with Gasteiger partial charge < -0.3 is 19.5 Å². The summed E-state index contributed by atoms with van der Waals surface area (Å²) in [7, 11) is -1.83. The third kappa shape index (κ3) is 4.23. The Morgan fingerprint density at radius 1 is 1.03 bits per heavy atom. The van der Waals surface area contributed by atoms with E-state index >= 15 is 0 Å². The number of piperidine rings is 2. The third-order valence-electron chi connectivity index (χ3n) is 6.76. The van der Waals surface area contributed by atoms with E-state index in [1.807, 2.05) is 0 Å². The molecule has 2 aliphatic rings. The van der Waals surface area contributed by atoms with Crippen molar-refractivity contribution in [3.63, 3.8) is 0 Å². The highest BCUT2D eigenvalue weighted by Gasteiger charge is 2.33. The number of rotatable bonds is 5. The molecule has 0 bridgehead atoms. The van der Waals surface area contributed by atoms with E-state index in [2.05, 4.69) is 26.7 Å². The minimum atomic E-state index is -3.40. The van der Waals surface area contributed by atoms with Crippen LogP contribution in [0, 0.1) is 5.92 Å². The van der Waals surface area contributed by atoms with Crippen LogP contribution in [0.3, 0.4) is 0 Å². The van der Waals surface area contributed by atoms with Gasteiger partial charge in [-0.3, -0.25) is 0 Å². The molecule has 2 aliphatic heterocycles. The standard InChI is InChI=1S/C23H30N6O3S/c1-16-4-3-11-29(14-16)23-26-21-20(24-15-25-21)22(27-23)28-12-9-19(10-13-28)33(30,31)18-7-5-17(32-2)6-8-18/h5-8,15-16,19H,3-4,9-14H2,1-2H3,(H,24,25,26,27)/t16-/m0/s1. The molecule has 4 heterocycles. The van der Waals surface area contributed by atoms with E-state index < -0.39 is 15.1 Å². The normalized spacial score (nSPS) is 20.4. The second-order valence-corrected chi connectivity index (χ2v) is 11.3. The van der Waals surface area contributed by atoms with E-state index in [0.29, 0.717) is 54.1 Å². The third-order valence-corrected chi connectivity index (χ3v) is 9.04. The molecule has 2 saturated heterocycles. The van der Waals surface area contributed by atoms with Crippen molar-refractivity contribution >= 4 is 32.8 Å². The van der Waals surface area contributed by atoms with E-state index in [-0.39, 0.29) is 0 Å². The molecular formula is C23H30N6O3S. The number of hydrogen-bond donors (Lipinski definition) is 1. The lowest BCUT2D eigenvalue weighted by Gasteiger charge is -2.34. The molecule has 1 atom stereocenters. The van der Waals surface area contributed by atoms with Gasteiger partial charge in [0.2, 0.25) is 5.95 Å². The molecule has 1 aromatic carbocycles. The van der Waals surface area contributed by atoms with Gasteiger partial charge in [-0.15, -0.1) is 0 Å². The van der Waals surface area contributed by atoms with Crippen LogP contribution in [0.15, 0.2) is 35.5 Å². The molecule has 176 valence electrons. The van der Waals surface area contributed by atoms with Gasteiger partial charge >= 0.3 is 0 Å². The second kappa shape index (κ2) is 8.81. The minimum Gasteiger partial charge on any atom is -0.497 e. The fourth-order valence-electron chi connectivity index (χ4n) is 4.88. The number of aromatic amines is 1. The van der Waals surface area contributed by atoms with Crippen LogP contribution in [0.4, 0.5) is 11.8 Å². The number of methoxy groups -OCH3 is 1. The molecule has 2 fully saturated rings. The number of H-pyrrole nitrogens is 1. The number of aromatic nitrogens is 4. The molecule has 10 heteroatoms. The Bertz CT molecular complexity index is 1220. The first kappa shape index (κ1) is 21.9. The Kier molecular flexibility index (Phi) is 5.86. The molecule has 1 N–H and O–H groups in total. The Hall–Kier alpha value is -2.88. The number of nitrogens with zero attached hydrogens (tertiary/aromatic N) is 5. The summed E-state index contributed by atoms with van der Waals surface area (Å²) in [6.45, 7) is 5.37. The van der Waals surface area contributed by atoms with Crippen LogP contribution in [-0.2, 0) is 9.84 Å². The zero-order valence-electron chi connectivity index (χ0n) is 19.1. The lowest BCUT2D eigenvalue weighted by Crippen LogP contribution is -2.40. The van der Waals surface area contributed by atoms with Gasteiger partial charge in [0, 0.05) is 26.2 Å². The number of anilines is 2. The number of sulfone groups is 1. The average Bonchev–Trinajstić information content (AvgIpc) is 3.32. The van der Waals surface area contributed by atoms with Crippen LogP contribution >= 0.6 is 0 Å². The molecule has 33 heavy (non-hydrogen) atoms. The molecular weight excluding hydrogens is 440 g/mol. The van der Waals surface area contributed by atoms with Crippen LogP contribution in [0.5, 0.6) is 5.75 Å². The van der Waals surface area contributed by atoms with Crippen LogP contribution < -0.4 is 14.5 Å². The van der Waals surface area contributed by atoms with Crippen LogP contribution in [0.25, 0.3) is 11.2 Å². The molecule has 9 nitrogen and oxygen atoms in total. The summed E-state index contributed by atoms with van der Waals surface area (Å²) in [6, 6.07) is 6.65. The number of nitrogens with one attached hydrogen (secondary N) is 1. The van der Waals surface area contributed by atoms with E-state index in [1.165, 1.54) is 6.42 Å². The fourth-order valence-corrected chi connectivity index (χ4v) is 6.62. The van der Waals surface area contributed by atoms with Gasteiger partial charge in [-0.25, -0.2) is 13.4 Å². The fraction of sp³-hybridized carbons (Fsp3) is 0.522. The number of imidazole rings is 1. The predicted molar refractivity (Wildman–Crippen MR) is 128 cm³/mol. The average molecular weight is 471 g/mol. The monoisotopic (exact) mass is 470 g/mol. The van der Waals surface area contributed by atoms with Gasteiger partial charge in [-0.05, 0) is 55.9 Å². The van der Waals surface area contributed by atoms with Crippen molar-refractivity contribution in [1.29, 1.82) is 0 Å². The highest BCUT2D eigenvalue weighted by molar-refractivity contribution is 7.92. The van der Waals surface area contributed by atoms with E-state index in [1.54, 1.807) is 37.7 Å². The Labute approximate surface area is 194 Å². The first-order valence-corrected chi connectivity index (χ1v) is 13.1. The summed E-state index contributed by atoms with van der Waals surface area (Å²) in [5.74, 6) is 2.78. The van der Waals surface area contributed by atoms with Crippen molar-refractivity contribution in [1.82, 2.24) is 19.9 Å². The summed E-state index contributed by atoms with van der Waals surface area (Å²) >= 11 is 0. The van der Waals surface area contributed by atoms with E-state index in [4.69, 9.17) is 14.7 Å². The maximum absolute atomic E-state index is 13.2. The Morgan fingerprint density at radius 2 is 1.79 bits per heavy atom. The van der Waals surface area contributed by atoms with Crippen molar-refractivity contribution in [2.45, 2.75) is 42.8 Å². The van der Waals surface area contributed by atoms with Gasteiger partial charge in [0.05, 0.1) is 23.6 Å². The topological polar surface area (TPSA) is 104 Å². The van der Waals surface area contributed by atoms with Gasteiger partial charge in [0.15, 0.2) is 21.3 Å². The molecule has 0 aliphatic carbocycles. The summed E-state index contributed by atoms with van der Waals surface area (Å²) < 4.78 is 31.5. The van der Waals surface area contributed by atoms with Crippen molar-refractivity contribution < 1.29 is 13.2 Å². The first-order chi connectivity index (χ1) is 16.0. The summed E-state index contributed by atoms with van der Waals surface area (Å²) in [5, 5.41) is -0.413. The maximum atomic E-state index is 13.2. The molecule has 0 saturated carbocycles. The zero-order valence-corrected chi connectivity index (χ0v) is 19.9. The lowest BCUT2D eigenvalue weighted by molar-refractivity contribution is 0.414. The summed E-state index contributed by atoms with van der Waals surface area (Å²) in [4.78, 5) is 21.9. The number of benzene rings is 1. The number of ether oxygens (including phenoxy) is 1. The SMILES string of the molecule is COc1ccc(S(=O)(=O)C2CCN(c3nc(N4CCC[C@H](C)C4)nc4nc[nH]c34)CC2)cc1.